The molecule has 2 heterocycles. The lowest BCUT2D eigenvalue weighted by molar-refractivity contribution is 0.0937. The first-order valence-electron chi connectivity index (χ1n) is 9.03. The largest absolute Gasteiger partial charge is 0.350 e. The first-order valence-corrected chi connectivity index (χ1v) is 10.9. The Morgan fingerprint density at radius 2 is 1.96 bits per heavy atom. The van der Waals surface area contributed by atoms with Gasteiger partial charge in [-0.05, 0) is 62.5 Å². The summed E-state index contributed by atoms with van der Waals surface area (Å²) in [5.74, 6) is -0.0850. The van der Waals surface area contributed by atoms with Gasteiger partial charge >= 0.3 is 0 Å². The van der Waals surface area contributed by atoms with E-state index in [0.29, 0.717) is 36.8 Å². The number of nitrogens with zero attached hydrogens (tertiary/aromatic N) is 2. The number of anilines is 1. The zero-order valence-corrected chi connectivity index (χ0v) is 15.8. The molecule has 3 rings (SSSR count). The fourth-order valence-corrected chi connectivity index (χ4v) is 4.77. The SMILES string of the molecule is CCC(CNC(=O)c1ccc2c(c1)CCN2S(C)(=O)=O)N1CCCC1. The van der Waals surface area contributed by atoms with Crippen molar-refractivity contribution < 1.29 is 13.2 Å². The number of amides is 1. The van der Waals surface area contributed by atoms with Gasteiger partial charge in [-0.2, -0.15) is 0 Å². The van der Waals surface area contributed by atoms with E-state index in [2.05, 4.69) is 17.1 Å². The molecule has 1 N–H and O–H groups in total. The predicted molar refractivity (Wildman–Crippen MR) is 99.6 cm³/mol. The number of rotatable bonds is 6. The van der Waals surface area contributed by atoms with Gasteiger partial charge in [0.05, 0.1) is 11.9 Å². The van der Waals surface area contributed by atoms with Crippen LogP contribution in [0.1, 0.15) is 42.1 Å². The second kappa shape index (κ2) is 7.33. The highest BCUT2D eigenvalue weighted by Gasteiger charge is 2.27. The van der Waals surface area contributed by atoms with Crippen molar-refractivity contribution in [2.24, 2.45) is 0 Å². The van der Waals surface area contributed by atoms with E-state index in [4.69, 9.17) is 0 Å². The van der Waals surface area contributed by atoms with E-state index in [9.17, 15) is 13.2 Å². The Balaban J connectivity index is 1.65. The Morgan fingerprint density at radius 3 is 2.60 bits per heavy atom. The molecule has 1 unspecified atom stereocenters. The van der Waals surface area contributed by atoms with Crippen LogP contribution in [0.3, 0.4) is 0 Å². The van der Waals surface area contributed by atoms with E-state index >= 15 is 0 Å². The molecule has 1 amide bonds. The van der Waals surface area contributed by atoms with Crippen molar-refractivity contribution in [1.29, 1.82) is 0 Å². The summed E-state index contributed by atoms with van der Waals surface area (Å²) in [7, 11) is -3.26. The normalized spacial score (nSPS) is 19.0. The van der Waals surface area contributed by atoms with Crippen LogP contribution < -0.4 is 9.62 Å². The van der Waals surface area contributed by atoms with Crippen LogP contribution >= 0.6 is 0 Å². The maximum atomic E-state index is 12.5. The third-order valence-electron chi connectivity index (χ3n) is 5.22. The molecule has 7 heteroatoms. The van der Waals surface area contributed by atoms with E-state index in [1.807, 2.05) is 6.07 Å². The predicted octanol–water partition coefficient (Wildman–Crippen LogP) is 1.61. The highest BCUT2D eigenvalue weighted by molar-refractivity contribution is 7.92. The van der Waals surface area contributed by atoms with Crippen LogP contribution in [0.25, 0.3) is 0 Å². The molecule has 138 valence electrons. The summed E-state index contributed by atoms with van der Waals surface area (Å²) in [6.07, 6.45) is 5.37. The second-order valence-corrected chi connectivity index (χ2v) is 8.85. The topological polar surface area (TPSA) is 69.7 Å². The Bertz CT molecular complexity index is 742. The quantitative estimate of drug-likeness (QED) is 0.832. The number of carbonyl (C=O) groups is 1. The summed E-state index contributed by atoms with van der Waals surface area (Å²) < 4.78 is 25.0. The summed E-state index contributed by atoms with van der Waals surface area (Å²) in [6, 6.07) is 5.68. The van der Waals surface area contributed by atoms with Crippen LogP contribution in [0.5, 0.6) is 0 Å². The van der Waals surface area contributed by atoms with Crippen molar-refractivity contribution >= 4 is 21.6 Å². The van der Waals surface area contributed by atoms with Crippen LogP contribution in [0.15, 0.2) is 18.2 Å². The number of benzene rings is 1. The molecule has 0 bridgehead atoms. The smallest absolute Gasteiger partial charge is 0.251 e. The lowest BCUT2D eigenvalue weighted by Crippen LogP contribution is -2.42. The highest BCUT2D eigenvalue weighted by Crippen LogP contribution is 2.30. The van der Waals surface area contributed by atoms with Gasteiger partial charge < -0.3 is 5.32 Å². The van der Waals surface area contributed by atoms with Crippen LogP contribution in [0.4, 0.5) is 5.69 Å². The van der Waals surface area contributed by atoms with E-state index in [1.165, 1.54) is 23.4 Å². The molecule has 1 aromatic rings. The minimum atomic E-state index is -3.26. The molecule has 0 aromatic heterocycles. The average Bonchev–Trinajstić information content (AvgIpc) is 3.23. The average molecular weight is 365 g/mol. The van der Waals surface area contributed by atoms with Gasteiger partial charge in [0.2, 0.25) is 10.0 Å². The molecule has 1 saturated heterocycles. The summed E-state index contributed by atoms with van der Waals surface area (Å²) in [6.45, 7) is 5.50. The van der Waals surface area contributed by atoms with Crippen molar-refractivity contribution in [2.45, 2.75) is 38.6 Å². The lowest BCUT2D eigenvalue weighted by atomic mass is 10.1. The van der Waals surface area contributed by atoms with Crippen LogP contribution in [-0.4, -0.2) is 57.7 Å². The van der Waals surface area contributed by atoms with Gasteiger partial charge in [-0.25, -0.2) is 8.42 Å². The zero-order chi connectivity index (χ0) is 18.0. The number of carbonyl (C=O) groups excluding carboxylic acids is 1. The number of nitrogens with one attached hydrogen (secondary N) is 1. The van der Waals surface area contributed by atoms with Crippen molar-refractivity contribution in [2.75, 3.05) is 36.7 Å². The van der Waals surface area contributed by atoms with Crippen molar-refractivity contribution in [3.8, 4) is 0 Å². The Kier molecular flexibility index (Phi) is 5.34. The summed E-state index contributed by atoms with van der Waals surface area (Å²) >= 11 is 0. The monoisotopic (exact) mass is 365 g/mol. The molecule has 1 aromatic carbocycles. The maximum Gasteiger partial charge on any atom is 0.251 e. The minimum absolute atomic E-state index is 0.0850. The summed E-state index contributed by atoms with van der Waals surface area (Å²) in [4.78, 5) is 14.9. The third kappa shape index (κ3) is 3.98. The van der Waals surface area contributed by atoms with Gasteiger partial charge in [0.1, 0.15) is 0 Å². The van der Waals surface area contributed by atoms with E-state index in [-0.39, 0.29) is 5.91 Å². The fourth-order valence-electron chi connectivity index (χ4n) is 3.81. The van der Waals surface area contributed by atoms with E-state index in [1.54, 1.807) is 12.1 Å². The molecule has 2 aliphatic rings. The Labute approximate surface area is 150 Å². The summed E-state index contributed by atoms with van der Waals surface area (Å²) in [5.41, 5.74) is 2.22. The van der Waals surface area contributed by atoms with Crippen LogP contribution in [0, 0.1) is 0 Å². The Hall–Kier alpha value is -1.60. The molecular weight excluding hydrogens is 338 g/mol. The second-order valence-electron chi connectivity index (χ2n) is 6.94. The molecule has 0 saturated carbocycles. The van der Waals surface area contributed by atoms with Gasteiger partial charge in [0, 0.05) is 24.7 Å². The van der Waals surface area contributed by atoms with E-state index < -0.39 is 10.0 Å². The molecule has 1 atom stereocenters. The number of hydrogen-bond acceptors (Lipinski definition) is 4. The first-order chi connectivity index (χ1) is 11.9. The van der Waals surface area contributed by atoms with Crippen LogP contribution in [0.2, 0.25) is 0 Å². The zero-order valence-electron chi connectivity index (χ0n) is 15.0. The molecule has 2 aliphatic heterocycles. The van der Waals surface area contributed by atoms with E-state index in [0.717, 1.165) is 25.1 Å². The molecule has 0 aliphatic carbocycles. The van der Waals surface area contributed by atoms with Gasteiger partial charge in [0.15, 0.2) is 0 Å². The molecule has 0 radical (unpaired) electrons. The van der Waals surface area contributed by atoms with Crippen molar-refractivity contribution in [3.05, 3.63) is 29.3 Å². The van der Waals surface area contributed by atoms with Crippen molar-refractivity contribution in [1.82, 2.24) is 10.2 Å². The molecule has 25 heavy (non-hydrogen) atoms. The van der Waals surface area contributed by atoms with Gasteiger partial charge in [-0.3, -0.25) is 14.0 Å². The molecule has 0 spiro atoms. The number of hydrogen-bond donors (Lipinski definition) is 1. The first kappa shape index (κ1) is 18.2. The van der Waals surface area contributed by atoms with Gasteiger partial charge in [0.25, 0.3) is 5.91 Å². The van der Waals surface area contributed by atoms with Crippen molar-refractivity contribution in [3.63, 3.8) is 0 Å². The maximum absolute atomic E-state index is 12.5. The van der Waals surface area contributed by atoms with Gasteiger partial charge in [-0.1, -0.05) is 6.92 Å². The standard InChI is InChI=1S/C18H27N3O3S/c1-3-16(20-9-4-5-10-20)13-19-18(22)15-6-7-17-14(12-15)8-11-21(17)25(2,23)24/h6-7,12,16H,3-5,8-11,13H2,1-2H3,(H,19,22). The lowest BCUT2D eigenvalue weighted by Gasteiger charge is -2.26. The fraction of sp³-hybridized carbons (Fsp3) is 0.611. The number of fused-ring (bicyclic) bond motifs is 1. The highest BCUT2D eigenvalue weighted by atomic mass is 32.2. The number of sulfonamides is 1. The van der Waals surface area contributed by atoms with Crippen LogP contribution in [-0.2, 0) is 16.4 Å². The van der Waals surface area contributed by atoms with Gasteiger partial charge in [-0.15, -0.1) is 0 Å². The molecular formula is C18H27N3O3S. The third-order valence-corrected chi connectivity index (χ3v) is 6.40. The summed E-state index contributed by atoms with van der Waals surface area (Å²) in [5, 5.41) is 3.05. The molecule has 6 nitrogen and oxygen atoms in total. The molecule has 1 fully saturated rings. The number of likely N-dealkylation sites (tertiary alicyclic amines) is 1. The minimum Gasteiger partial charge on any atom is -0.350 e. The Morgan fingerprint density at radius 1 is 1.24 bits per heavy atom.